The zero-order chi connectivity index (χ0) is 21.2. The molecule has 0 radical (unpaired) electrons. The van der Waals surface area contributed by atoms with Crippen molar-refractivity contribution in [3.8, 4) is 0 Å². The summed E-state index contributed by atoms with van der Waals surface area (Å²) >= 11 is 0. The molecule has 3 rings (SSSR count). The number of halogens is 1. The highest BCUT2D eigenvalue weighted by Crippen LogP contribution is 2.29. The molecule has 154 valence electrons. The molecule has 2 aromatic carbocycles. The van der Waals surface area contributed by atoms with Gasteiger partial charge in [0, 0.05) is 36.2 Å². The van der Waals surface area contributed by atoms with Crippen molar-refractivity contribution < 1.29 is 17.6 Å². The predicted molar refractivity (Wildman–Crippen MR) is 113 cm³/mol. The summed E-state index contributed by atoms with van der Waals surface area (Å²) in [5, 5.41) is 0.595. The van der Waals surface area contributed by atoms with Crippen LogP contribution in [0.1, 0.15) is 33.6 Å². The van der Waals surface area contributed by atoms with Gasteiger partial charge < -0.3 is 4.57 Å². The monoisotopic (exact) mass is 416 g/mol. The van der Waals surface area contributed by atoms with Crippen LogP contribution >= 0.6 is 0 Å². The van der Waals surface area contributed by atoms with E-state index in [2.05, 4.69) is 4.72 Å². The Morgan fingerprint density at radius 3 is 2.52 bits per heavy atom. The zero-order valence-electron chi connectivity index (χ0n) is 16.8. The van der Waals surface area contributed by atoms with E-state index in [1.807, 2.05) is 38.1 Å². The first-order chi connectivity index (χ1) is 13.7. The summed E-state index contributed by atoms with van der Waals surface area (Å²) in [6, 6.07) is 12.5. The number of aryl methyl sites for hydroxylation is 2. The number of aromatic nitrogens is 1. The van der Waals surface area contributed by atoms with Crippen LogP contribution in [0.25, 0.3) is 10.9 Å². The summed E-state index contributed by atoms with van der Waals surface area (Å²) in [5.74, 6) is -0.447. The lowest BCUT2D eigenvalue weighted by Crippen LogP contribution is -2.24. The van der Waals surface area contributed by atoms with Crippen molar-refractivity contribution in [1.29, 1.82) is 0 Å². The maximum atomic E-state index is 14.6. The maximum Gasteiger partial charge on any atom is 0.208 e. The number of para-hydroxylation sites is 1. The number of nitrogens with zero attached hydrogens (tertiary/aromatic N) is 1. The molecule has 0 saturated carbocycles. The van der Waals surface area contributed by atoms with E-state index in [0.29, 0.717) is 35.1 Å². The third-order valence-corrected chi connectivity index (χ3v) is 5.84. The van der Waals surface area contributed by atoms with Crippen molar-refractivity contribution in [2.75, 3.05) is 12.8 Å². The van der Waals surface area contributed by atoms with Gasteiger partial charge in [-0.15, -0.1) is 0 Å². The van der Waals surface area contributed by atoms with Crippen molar-refractivity contribution in [3.63, 3.8) is 0 Å². The van der Waals surface area contributed by atoms with Crippen LogP contribution in [-0.2, 0) is 23.0 Å². The zero-order valence-corrected chi connectivity index (χ0v) is 17.6. The SMILES string of the molecule is Cc1ccccc1CC(=O)c1c(C)n(CCCNS(C)(=O)=O)c2c(F)cccc12. The van der Waals surface area contributed by atoms with E-state index in [1.165, 1.54) is 6.07 Å². The fourth-order valence-electron chi connectivity index (χ4n) is 3.68. The van der Waals surface area contributed by atoms with Crippen molar-refractivity contribution in [2.45, 2.75) is 33.2 Å². The number of benzene rings is 2. The summed E-state index contributed by atoms with van der Waals surface area (Å²) in [6.45, 7) is 4.43. The van der Waals surface area contributed by atoms with Crippen LogP contribution in [-0.4, -0.2) is 31.6 Å². The van der Waals surface area contributed by atoms with Crippen molar-refractivity contribution in [1.82, 2.24) is 9.29 Å². The summed E-state index contributed by atoms with van der Waals surface area (Å²) in [6.07, 6.45) is 1.83. The molecule has 0 amide bonds. The van der Waals surface area contributed by atoms with Gasteiger partial charge in [0.25, 0.3) is 0 Å². The van der Waals surface area contributed by atoms with Crippen LogP contribution < -0.4 is 4.72 Å². The molecule has 0 atom stereocenters. The standard InChI is InChI=1S/C22H25FN2O3S/c1-15-8-4-5-9-17(15)14-20(26)21-16(2)25(13-7-12-24-29(3,27)28)22-18(21)10-6-11-19(22)23/h4-6,8-11,24H,7,12-14H2,1-3H3. The summed E-state index contributed by atoms with van der Waals surface area (Å²) in [5.41, 5.74) is 3.60. The average Bonchev–Trinajstić information content (AvgIpc) is 2.93. The number of carbonyl (C=O) groups is 1. The van der Waals surface area contributed by atoms with Crippen molar-refractivity contribution >= 4 is 26.7 Å². The van der Waals surface area contributed by atoms with Gasteiger partial charge in [0.05, 0.1) is 11.8 Å². The van der Waals surface area contributed by atoms with Crippen LogP contribution in [0.5, 0.6) is 0 Å². The number of hydrogen-bond donors (Lipinski definition) is 1. The molecular formula is C22H25FN2O3S. The molecule has 1 aromatic heterocycles. The highest BCUT2D eigenvalue weighted by molar-refractivity contribution is 7.88. The lowest BCUT2D eigenvalue weighted by Gasteiger charge is -2.10. The van der Waals surface area contributed by atoms with E-state index >= 15 is 0 Å². The Hall–Kier alpha value is -2.51. The van der Waals surface area contributed by atoms with Crippen LogP contribution in [0, 0.1) is 19.7 Å². The van der Waals surface area contributed by atoms with E-state index in [0.717, 1.165) is 17.4 Å². The average molecular weight is 417 g/mol. The Kier molecular flexibility index (Phi) is 6.19. The Labute approximate surface area is 170 Å². The largest absolute Gasteiger partial charge is 0.342 e. The van der Waals surface area contributed by atoms with Crippen LogP contribution in [0.15, 0.2) is 42.5 Å². The van der Waals surface area contributed by atoms with Crippen molar-refractivity contribution in [2.24, 2.45) is 0 Å². The van der Waals surface area contributed by atoms with Crippen LogP contribution in [0.3, 0.4) is 0 Å². The smallest absolute Gasteiger partial charge is 0.208 e. The second-order valence-corrected chi connectivity index (χ2v) is 9.13. The molecule has 0 aliphatic heterocycles. The lowest BCUT2D eigenvalue weighted by atomic mass is 9.98. The van der Waals surface area contributed by atoms with E-state index in [4.69, 9.17) is 0 Å². The molecule has 7 heteroatoms. The molecule has 0 bridgehead atoms. The van der Waals surface area contributed by atoms with E-state index in [9.17, 15) is 17.6 Å². The number of carbonyl (C=O) groups excluding carboxylic acids is 1. The predicted octanol–water partition coefficient (Wildman–Crippen LogP) is 3.76. The molecule has 1 heterocycles. The first kappa shape index (κ1) is 21.2. The summed E-state index contributed by atoms with van der Waals surface area (Å²) in [4.78, 5) is 13.2. The van der Waals surface area contributed by atoms with Gasteiger partial charge in [-0.2, -0.15) is 0 Å². The Balaban J connectivity index is 1.95. The van der Waals surface area contributed by atoms with E-state index in [-0.39, 0.29) is 18.7 Å². The van der Waals surface area contributed by atoms with Gasteiger partial charge in [0.2, 0.25) is 10.0 Å². The summed E-state index contributed by atoms with van der Waals surface area (Å²) < 4.78 is 41.4. The molecule has 5 nitrogen and oxygen atoms in total. The maximum absolute atomic E-state index is 14.6. The number of hydrogen-bond acceptors (Lipinski definition) is 3. The van der Waals surface area contributed by atoms with Gasteiger partial charge in [0.1, 0.15) is 5.82 Å². The number of Topliss-reactive ketones (excluding diaryl/α,β-unsaturated/α-hetero) is 1. The first-order valence-electron chi connectivity index (χ1n) is 9.48. The van der Waals surface area contributed by atoms with Gasteiger partial charge in [-0.1, -0.05) is 36.4 Å². The van der Waals surface area contributed by atoms with E-state index in [1.54, 1.807) is 16.7 Å². The molecule has 0 fully saturated rings. The minimum Gasteiger partial charge on any atom is -0.342 e. The van der Waals surface area contributed by atoms with E-state index < -0.39 is 15.8 Å². The molecule has 1 N–H and O–H groups in total. The van der Waals surface area contributed by atoms with Gasteiger partial charge >= 0.3 is 0 Å². The number of ketones is 1. The second-order valence-electron chi connectivity index (χ2n) is 7.29. The minimum atomic E-state index is -3.27. The fourth-order valence-corrected chi connectivity index (χ4v) is 4.20. The third kappa shape index (κ3) is 4.74. The number of fused-ring (bicyclic) bond motifs is 1. The van der Waals surface area contributed by atoms with Crippen LogP contribution in [0.4, 0.5) is 4.39 Å². The topological polar surface area (TPSA) is 68.2 Å². The Morgan fingerprint density at radius 2 is 1.83 bits per heavy atom. The van der Waals surface area contributed by atoms with Crippen LogP contribution in [0.2, 0.25) is 0 Å². The number of nitrogens with one attached hydrogen (secondary N) is 1. The number of rotatable bonds is 8. The molecular weight excluding hydrogens is 391 g/mol. The molecule has 0 aliphatic carbocycles. The minimum absolute atomic E-state index is 0.0552. The second kappa shape index (κ2) is 8.47. The molecule has 0 saturated heterocycles. The molecule has 0 spiro atoms. The van der Waals surface area contributed by atoms with Crippen molar-refractivity contribution in [3.05, 3.63) is 70.7 Å². The first-order valence-corrected chi connectivity index (χ1v) is 11.4. The summed E-state index contributed by atoms with van der Waals surface area (Å²) in [7, 11) is -3.27. The van der Waals surface area contributed by atoms with Gasteiger partial charge in [-0.3, -0.25) is 4.79 Å². The van der Waals surface area contributed by atoms with Gasteiger partial charge in [0.15, 0.2) is 5.78 Å². The Bertz CT molecular complexity index is 1170. The number of sulfonamides is 1. The van der Waals surface area contributed by atoms with Gasteiger partial charge in [-0.05, 0) is 37.5 Å². The molecule has 0 aliphatic rings. The normalized spacial score (nSPS) is 11.9. The van der Waals surface area contributed by atoms with Gasteiger partial charge in [-0.25, -0.2) is 17.5 Å². The lowest BCUT2D eigenvalue weighted by molar-refractivity contribution is 0.0993. The third-order valence-electron chi connectivity index (χ3n) is 5.11. The molecule has 29 heavy (non-hydrogen) atoms. The highest BCUT2D eigenvalue weighted by atomic mass is 32.2. The highest BCUT2D eigenvalue weighted by Gasteiger charge is 2.22. The molecule has 3 aromatic rings. The Morgan fingerprint density at radius 1 is 1.10 bits per heavy atom. The fraction of sp³-hybridized carbons (Fsp3) is 0.318. The quantitative estimate of drug-likeness (QED) is 0.449. The molecule has 0 unspecified atom stereocenters.